The van der Waals surface area contributed by atoms with Gasteiger partial charge in [-0.3, -0.25) is 4.79 Å². The number of rotatable bonds is 6. The highest BCUT2D eigenvalue weighted by atomic mass is 32.2. The SMILES string of the molecule is COc1ccc(-c2cn3nc(SCC(=O)Nc4ccccc4)ccc3n2)cc1. The lowest BCUT2D eigenvalue weighted by molar-refractivity contribution is -0.113. The molecule has 0 unspecified atom stereocenters. The second kappa shape index (κ2) is 8.14. The van der Waals surface area contributed by atoms with Gasteiger partial charge in [0.05, 0.1) is 24.8 Å². The molecule has 1 N–H and O–H groups in total. The summed E-state index contributed by atoms with van der Waals surface area (Å²) in [4.78, 5) is 16.7. The minimum Gasteiger partial charge on any atom is -0.497 e. The van der Waals surface area contributed by atoms with Gasteiger partial charge >= 0.3 is 0 Å². The molecular formula is C21H18N4O2S. The van der Waals surface area contributed by atoms with Gasteiger partial charge in [0, 0.05) is 11.3 Å². The molecule has 0 fully saturated rings. The molecule has 2 heterocycles. The first-order chi connectivity index (χ1) is 13.7. The molecule has 6 nitrogen and oxygen atoms in total. The number of aromatic nitrogens is 3. The van der Waals surface area contributed by atoms with E-state index in [1.807, 2.05) is 72.9 Å². The number of carbonyl (C=O) groups excluding carboxylic acids is 1. The zero-order valence-electron chi connectivity index (χ0n) is 15.2. The molecule has 0 aliphatic carbocycles. The fourth-order valence-electron chi connectivity index (χ4n) is 2.70. The molecule has 1 amide bonds. The third kappa shape index (κ3) is 4.15. The van der Waals surface area contributed by atoms with Crippen LogP contribution in [0.4, 0.5) is 5.69 Å². The summed E-state index contributed by atoms with van der Waals surface area (Å²) in [6.45, 7) is 0. The quantitative estimate of drug-likeness (QED) is 0.501. The van der Waals surface area contributed by atoms with Gasteiger partial charge in [-0.25, -0.2) is 9.50 Å². The summed E-state index contributed by atoms with van der Waals surface area (Å²) in [6, 6.07) is 20.9. The van der Waals surface area contributed by atoms with Crippen molar-refractivity contribution in [2.45, 2.75) is 5.03 Å². The molecule has 2 aromatic heterocycles. The third-order valence-electron chi connectivity index (χ3n) is 4.09. The van der Waals surface area contributed by atoms with E-state index in [-0.39, 0.29) is 11.7 Å². The maximum absolute atomic E-state index is 12.1. The van der Waals surface area contributed by atoms with Crippen LogP contribution in [0.3, 0.4) is 0 Å². The maximum atomic E-state index is 12.1. The Bertz CT molecular complexity index is 1090. The number of nitrogens with zero attached hydrogens (tertiary/aromatic N) is 3. The van der Waals surface area contributed by atoms with E-state index in [1.54, 1.807) is 11.6 Å². The molecule has 7 heteroatoms. The van der Waals surface area contributed by atoms with E-state index in [0.717, 1.165) is 33.4 Å². The Morgan fingerprint density at radius 2 is 1.86 bits per heavy atom. The molecule has 0 aliphatic heterocycles. The van der Waals surface area contributed by atoms with E-state index in [4.69, 9.17) is 4.74 Å². The van der Waals surface area contributed by atoms with Gasteiger partial charge in [0.25, 0.3) is 0 Å². The van der Waals surface area contributed by atoms with E-state index in [2.05, 4.69) is 15.4 Å². The smallest absolute Gasteiger partial charge is 0.234 e. The van der Waals surface area contributed by atoms with Gasteiger partial charge in [0.15, 0.2) is 5.65 Å². The van der Waals surface area contributed by atoms with Crippen LogP contribution in [-0.4, -0.2) is 33.4 Å². The fraction of sp³-hybridized carbons (Fsp3) is 0.0952. The number of imidazole rings is 1. The number of methoxy groups -OCH3 is 1. The van der Waals surface area contributed by atoms with Crippen LogP contribution in [-0.2, 0) is 4.79 Å². The zero-order valence-corrected chi connectivity index (χ0v) is 16.0. The number of hydrogen-bond donors (Lipinski definition) is 1. The number of carbonyl (C=O) groups is 1. The van der Waals surface area contributed by atoms with E-state index in [0.29, 0.717) is 0 Å². The van der Waals surface area contributed by atoms with Crippen LogP contribution in [0, 0.1) is 0 Å². The second-order valence-electron chi connectivity index (χ2n) is 6.03. The Labute approximate surface area is 166 Å². The number of hydrogen-bond acceptors (Lipinski definition) is 5. The Kier molecular flexibility index (Phi) is 5.25. The average molecular weight is 390 g/mol. The molecule has 0 bridgehead atoms. The first kappa shape index (κ1) is 18.1. The molecule has 0 spiro atoms. The number of thioether (sulfide) groups is 1. The normalized spacial score (nSPS) is 10.8. The molecule has 4 aromatic rings. The standard InChI is InChI=1S/C21H18N4O2S/c1-27-17-9-7-15(8-10-17)18-13-25-19(23-18)11-12-21(24-25)28-14-20(26)22-16-5-3-2-4-6-16/h2-13H,14H2,1H3,(H,22,26). The van der Waals surface area contributed by atoms with Crippen molar-refractivity contribution in [2.75, 3.05) is 18.2 Å². The number of para-hydroxylation sites is 1. The highest BCUT2D eigenvalue weighted by Crippen LogP contribution is 2.23. The van der Waals surface area contributed by atoms with Crippen molar-refractivity contribution >= 4 is 29.0 Å². The summed E-state index contributed by atoms with van der Waals surface area (Å²) in [5, 5.41) is 8.17. The molecular weight excluding hydrogens is 372 g/mol. The first-order valence-electron chi connectivity index (χ1n) is 8.70. The van der Waals surface area contributed by atoms with E-state index >= 15 is 0 Å². The number of benzene rings is 2. The zero-order chi connectivity index (χ0) is 19.3. The molecule has 0 atom stereocenters. The van der Waals surface area contributed by atoms with Gasteiger partial charge in [0.1, 0.15) is 10.8 Å². The molecule has 0 saturated heterocycles. The van der Waals surface area contributed by atoms with Gasteiger partial charge in [-0.15, -0.1) is 0 Å². The van der Waals surface area contributed by atoms with E-state index in [1.165, 1.54) is 11.8 Å². The number of fused-ring (bicyclic) bond motifs is 1. The summed E-state index contributed by atoms with van der Waals surface area (Å²) in [5.74, 6) is 1.02. The predicted molar refractivity (Wildman–Crippen MR) is 111 cm³/mol. The fourth-order valence-corrected chi connectivity index (χ4v) is 3.36. The monoisotopic (exact) mass is 390 g/mol. The number of anilines is 1. The summed E-state index contributed by atoms with van der Waals surface area (Å²) < 4.78 is 6.92. The Morgan fingerprint density at radius 3 is 2.61 bits per heavy atom. The van der Waals surface area contributed by atoms with Crippen molar-refractivity contribution in [3.8, 4) is 17.0 Å². The van der Waals surface area contributed by atoms with Gasteiger partial charge < -0.3 is 10.1 Å². The van der Waals surface area contributed by atoms with Crippen LogP contribution >= 0.6 is 11.8 Å². The van der Waals surface area contributed by atoms with E-state index in [9.17, 15) is 4.79 Å². The summed E-state index contributed by atoms with van der Waals surface area (Å²) >= 11 is 1.38. The van der Waals surface area contributed by atoms with Crippen molar-refractivity contribution in [2.24, 2.45) is 0 Å². The highest BCUT2D eigenvalue weighted by molar-refractivity contribution is 7.99. The lowest BCUT2D eigenvalue weighted by atomic mass is 10.2. The van der Waals surface area contributed by atoms with Crippen molar-refractivity contribution in [1.29, 1.82) is 0 Å². The minimum atomic E-state index is -0.0670. The van der Waals surface area contributed by atoms with Crippen LogP contribution in [0.2, 0.25) is 0 Å². The summed E-state index contributed by atoms with van der Waals surface area (Å²) in [5.41, 5.74) is 3.36. The lowest BCUT2D eigenvalue weighted by Crippen LogP contribution is -2.14. The van der Waals surface area contributed by atoms with Crippen molar-refractivity contribution in [1.82, 2.24) is 14.6 Å². The largest absolute Gasteiger partial charge is 0.497 e. The molecule has 0 saturated carbocycles. The van der Waals surface area contributed by atoms with Crippen LogP contribution in [0.5, 0.6) is 5.75 Å². The maximum Gasteiger partial charge on any atom is 0.234 e. The van der Waals surface area contributed by atoms with Gasteiger partial charge in [-0.2, -0.15) is 5.10 Å². The number of amides is 1. The topological polar surface area (TPSA) is 68.5 Å². The van der Waals surface area contributed by atoms with Crippen LogP contribution in [0.1, 0.15) is 0 Å². The van der Waals surface area contributed by atoms with Crippen molar-refractivity contribution in [3.05, 3.63) is 72.9 Å². The number of ether oxygens (including phenoxy) is 1. The van der Waals surface area contributed by atoms with Crippen LogP contribution < -0.4 is 10.1 Å². The minimum absolute atomic E-state index is 0.0670. The van der Waals surface area contributed by atoms with E-state index < -0.39 is 0 Å². The summed E-state index contributed by atoms with van der Waals surface area (Å²) in [6.07, 6.45) is 1.88. The van der Waals surface area contributed by atoms with Gasteiger partial charge in [0.2, 0.25) is 5.91 Å². The molecule has 28 heavy (non-hydrogen) atoms. The molecule has 0 aliphatic rings. The highest BCUT2D eigenvalue weighted by Gasteiger charge is 2.08. The van der Waals surface area contributed by atoms with Crippen molar-refractivity contribution < 1.29 is 9.53 Å². The summed E-state index contributed by atoms with van der Waals surface area (Å²) in [7, 11) is 1.64. The van der Waals surface area contributed by atoms with Crippen molar-refractivity contribution in [3.63, 3.8) is 0 Å². The van der Waals surface area contributed by atoms with Crippen LogP contribution in [0.25, 0.3) is 16.9 Å². The first-order valence-corrected chi connectivity index (χ1v) is 9.68. The second-order valence-corrected chi connectivity index (χ2v) is 7.03. The van der Waals surface area contributed by atoms with Crippen LogP contribution in [0.15, 0.2) is 78.0 Å². The molecule has 4 rings (SSSR count). The Balaban J connectivity index is 1.44. The number of nitrogens with one attached hydrogen (secondary N) is 1. The molecule has 0 radical (unpaired) electrons. The third-order valence-corrected chi connectivity index (χ3v) is 5.01. The van der Waals surface area contributed by atoms with Gasteiger partial charge in [-0.05, 0) is 48.5 Å². The Morgan fingerprint density at radius 1 is 1.07 bits per heavy atom. The lowest BCUT2D eigenvalue weighted by Gasteiger charge is -2.04. The molecule has 2 aromatic carbocycles. The Hall–Kier alpha value is -3.32. The predicted octanol–water partition coefficient (Wildman–Crippen LogP) is 4.14. The van der Waals surface area contributed by atoms with Gasteiger partial charge in [-0.1, -0.05) is 30.0 Å². The molecule has 140 valence electrons. The average Bonchev–Trinajstić information content (AvgIpc) is 3.16.